The monoisotopic (exact) mass is 341 g/mol. The minimum absolute atomic E-state index is 0.137. The maximum absolute atomic E-state index is 11.9. The summed E-state index contributed by atoms with van der Waals surface area (Å²) in [6.45, 7) is 0.845. The quantitative estimate of drug-likeness (QED) is 0.846. The van der Waals surface area contributed by atoms with Crippen molar-refractivity contribution >= 4 is 17.6 Å². The smallest absolute Gasteiger partial charge is 0.310 e. The maximum Gasteiger partial charge on any atom is 0.310 e. The number of esters is 1. The fourth-order valence-corrected chi connectivity index (χ4v) is 2.40. The highest BCUT2D eigenvalue weighted by atomic mass is 16.5. The topological polar surface area (TPSA) is 73.9 Å². The van der Waals surface area contributed by atoms with Crippen LogP contribution in [-0.2, 0) is 20.7 Å². The van der Waals surface area contributed by atoms with Gasteiger partial charge in [-0.2, -0.15) is 0 Å². The molecule has 0 saturated heterocycles. The molecule has 6 nitrogen and oxygen atoms in total. The predicted molar refractivity (Wildman–Crippen MR) is 91.8 cm³/mol. The van der Waals surface area contributed by atoms with Gasteiger partial charge in [0, 0.05) is 18.2 Å². The van der Waals surface area contributed by atoms with Gasteiger partial charge in [0.1, 0.15) is 0 Å². The molecule has 0 fully saturated rings. The third-order valence-corrected chi connectivity index (χ3v) is 3.59. The van der Waals surface area contributed by atoms with Crippen molar-refractivity contribution in [2.45, 2.75) is 12.8 Å². The molecule has 0 unspecified atom stereocenters. The molecule has 1 heterocycles. The SMILES string of the molecule is O=C(COC(=O)Cc1ccccc1)Nc1ccc2c(c1)OCCCO2. The van der Waals surface area contributed by atoms with Crippen LogP contribution in [0.25, 0.3) is 0 Å². The molecule has 3 rings (SSSR count). The van der Waals surface area contributed by atoms with E-state index in [0.29, 0.717) is 30.4 Å². The Balaban J connectivity index is 1.49. The molecule has 25 heavy (non-hydrogen) atoms. The number of ether oxygens (including phenoxy) is 3. The Hall–Kier alpha value is -3.02. The summed E-state index contributed by atoms with van der Waals surface area (Å²) < 4.78 is 16.1. The number of hydrogen-bond donors (Lipinski definition) is 1. The summed E-state index contributed by atoms with van der Waals surface area (Å²) in [4.78, 5) is 23.7. The third-order valence-electron chi connectivity index (χ3n) is 3.59. The van der Waals surface area contributed by atoms with Gasteiger partial charge in [0.15, 0.2) is 18.1 Å². The summed E-state index contributed by atoms with van der Waals surface area (Å²) in [5.41, 5.74) is 1.41. The van der Waals surface area contributed by atoms with E-state index in [1.165, 1.54) is 0 Å². The molecule has 1 amide bonds. The van der Waals surface area contributed by atoms with Gasteiger partial charge in [-0.1, -0.05) is 30.3 Å². The number of carbonyl (C=O) groups is 2. The Morgan fingerprint density at radius 1 is 1.00 bits per heavy atom. The van der Waals surface area contributed by atoms with Gasteiger partial charge in [0.05, 0.1) is 19.6 Å². The first-order valence-electron chi connectivity index (χ1n) is 8.10. The van der Waals surface area contributed by atoms with Crippen molar-refractivity contribution in [3.05, 3.63) is 54.1 Å². The van der Waals surface area contributed by atoms with Gasteiger partial charge < -0.3 is 19.5 Å². The molecule has 6 heteroatoms. The normalized spacial score (nSPS) is 12.8. The Morgan fingerprint density at radius 3 is 2.56 bits per heavy atom. The molecule has 0 aliphatic carbocycles. The zero-order valence-corrected chi connectivity index (χ0v) is 13.7. The average Bonchev–Trinajstić information content (AvgIpc) is 2.86. The van der Waals surface area contributed by atoms with E-state index in [9.17, 15) is 9.59 Å². The first-order chi connectivity index (χ1) is 12.2. The summed E-state index contributed by atoms with van der Waals surface area (Å²) in [6.07, 6.45) is 0.950. The van der Waals surface area contributed by atoms with Gasteiger partial charge in [0.2, 0.25) is 0 Å². The molecule has 0 aromatic heterocycles. The van der Waals surface area contributed by atoms with Crippen LogP contribution in [-0.4, -0.2) is 31.7 Å². The minimum atomic E-state index is -0.444. The van der Waals surface area contributed by atoms with Crippen molar-refractivity contribution in [2.75, 3.05) is 25.1 Å². The van der Waals surface area contributed by atoms with E-state index in [0.717, 1.165) is 12.0 Å². The van der Waals surface area contributed by atoms with Gasteiger partial charge in [-0.15, -0.1) is 0 Å². The van der Waals surface area contributed by atoms with Gasteiger partial charge >= 0.3 is 5.97 Å². The molecule has 2 aromatic rings. The third kappa shape index (κ3) is 4.97. The lowest BCUT2D eigenvalue weighted by Crippen LogP contribution is -2.21. The second-order valence-electron chi connectivity index (χ2n) is 5.58. The zero-order valence-electron chi connectivity index (χ0n) is 13.7. The van der Waals surface area contributed by atoms with Gasteiger partial charge in [-0.05, 0) is 17.7 Å². The number of nitrogens with one attached hydrogen (secondary N) is 1. The van der Waals surface area contributed by atoms with Crippen molar-refractivity contribution in [3.63, 3.8) is 0 Å². The van der Waals surface area contributed by atoms with E-state index >= 15 is 0 Å². The van der Waals surface area contributed by atoms with Crippen LogP contribution in [0.1, 0.15) is 12.0 Å². The van der Waals surface area contributed by atoms with Crippen LogP contribution in [0.5, 0.6) is 11.5 Å². The highest BCUT2D eigenvalue weighted by Gasteiger charge is 2.13. The lowest BCUT2D eigenvalue weighted by molar-refractivity contribution is -0.146. The van der Waals surface area contributed by atoms with Crippen molar-refractivity contribution in [3.8, 4) is 11.5 Å². The van der Waals surface area contributed by atoms with Crippen LogP contribution >= 0.6 is 0 Å². The Labute approximate surface area is 145 Å². The first kappa shape index (κ1) is 16.8. The fourth-order valence-electron chi connectivity index (χ4n) is 2.40. The number of anilines is 1. The summed E-state index contributed by atoms with van der Waals surface area (Å²) >= 11 is 0. The van der Waals surface area contributed by atoms with Crippen LogP contribution in [0.4, 0.5) is 5.69 Å². The predicted octanol–water partition coefficient (Wildman–Crippen LogP) is 2.57. The molecule has 0 atom stereocenters. The van der Waals surface area contributed by atoms with Crippen LogP contribution in [0, 0.1) is 0 Å². The first-order valence-corrected chi connectivity index (χ1v) is 8.10. The molecular weight excluding hydrogens is 322 g/mol. The standard InChI is InChI=1S/C19H19NO5/c21-18(13-25-19(22)11-14-5-2-1-3-6-14)20-15-7-8-16-17(12-15)24-10-4-9-23-16/h1-3,5-8,12H,4,9-11,13H2,(H,20,21). The number of rotatable bonds is 5. The largest absolute Gasteiger partial charge is 0.490 e. The highest BCUT2D eigenvalue weighted by molar-refractivity contribution is 5.93. The molecule has 0 saturated carbocycles. The molecule has 1 N–H and O–H groups in total. The van der Waals surface area contributed by atoms with Crippen molar-refractivity contribution in [1.82, 2.24) is 0 Å². The number of fused-ring (bicyclic) bond motifs is 1. The number of benzene rings is 2. The fraction of sp³-hybridized carbons (Fsp3) is 0.263. The second-order valence-corrected chi connectivity index (χ2v) is 5.58. The van der Waals surface area contributed by atoms with E-state index in [2.05, 4.69) is 5.32 Å². The van der Waals surface area contributed by atoms with Crippen LogP contribution < -0.4 is 14.8 Å². The minimum Gasteiger partial charge on any atom is -0.490 e. The Kier molecular flexibility index (Phi) is 5.51. The number of carbonyl (C=O) groups excluding carboxylic acids is 2. The van der Waals surface area contributed by atoms with Crippen LogP contribution in [0.3, 0.4) is 0 Å². The van der Waals surface area contributed by atoms with Crippen molar-refractivity contribution in [1.29, 1.82) is 0 Å². The van der Waals surface area contributed by atoms with E-state index in [1.807, 2.05) is 30.3 Å². The molecule has 0 spiro atoms. The van der Waals surface area contributed by atoms with E-state index in [4.69, 9.17) is 14.2 Å². The molecular formula is C19H19NO5. The number of hydrogen-bond acceptors (Lipinski definition) is 5. The maximum atomic E-state index is 11.9. The lowest BCUT2D eigenvalue weighted by atomic mass is 10.2. The van der Waals surface area contributed by atoms with Gasteiger partial charge in [-0.25, -0.2) is 0 Å². The van der Waals surface area contributed by atoms with E-state index in [-0.39, 0.29) is 13.0 Å². The van der Waals surface area contributed by atoms with Gasteiger partial charge in [-0.3, -0.25) is 9.59 Å². The number of amides is 1. The lowest BCUT2D eigenvalue weighted by Gasteiger charge is -2.10. The van der Waals surface area contributed by atoms with E-state index in [1.54, 1.807) is 18.2 Å². The highest BCUT2D eigenvalue weighted by Crippen LogP contribution is 2.32. The van der Waals surface area contributed by atoms with Crippen molar-refractivity contribution in [2.24, 2.45) is 0 Å². The Bertz CT molecular complexity index is 745. The summed E-state index contributed by atoms with van der Waals surface area (Å²) in [6, 6.07) is 14.4. The summed E-state index contributed by atoms with van der Waals surface area (Å²) in [5, 5.41) is 2.68. The van der Waals surface area contributed by atoms with Crippen LogP contribution in [0.15, 0.2) is 48.5 Å². The molecule has 0 radical (unpaired) electrons. The van der Waals surface area contributed by atoms with E-state index < -0.39 is 11.9 Å². The summed E-state index contributed by atoms with van der Waals surface area (Å²) in [7, 11) is 0. The molecule has 2 aromatic carbocycles. The average molecular weight is 341 g/mol. The van der Waals surface area contributed by atoms with Crippen LogP contribution in [0.2, 0.25) is 0 Å². The second kappa shape index (κ2) is 8.19. The molecule has 1 aliphatic heterocycles. The summed E-state index contributed by atoms with van der Waals surface area (Å²) in [5.74, 6) is 0.400. The molecule has 0 bridgehead atoms. The molecule has 130 valence electrons. The van der Waals surface area contributed by atoms with Gasteiger partial charge in [0.25, 0.3) is 5.91 Å². The Morgan fingerprint density at radius 2 is 1.76 bits per heavy atom. The zero-order chi connectivity index (χ0) is 17.5. The molecule has 1 aliphatic rings. The van der Waals surface area contributed by atoms with Crippen molar-refractivity contribution < 1.29 is 23.8 Å².